The van der Waals surface area contributed by atoms with E-state index in [1.807, 2.05) is 36.4 Å². The first kappa shape index (κ1) is 8.57. The Balaban J connectivity index is 2.76. The number of thiol groups is 1. The highest BCUT2D eigenvalue weighted by atomic mass is 32.1. The average molecular weight is 192 g/mol. The molecule has 2 aromatic rings. The second-order valence-electron chi connectivity index (χ2n) is 2.90. The maximum atomic E-state index is 13.0. The van der Waals surface area contributed by atoms with E-state index >= 15 is 0 Å². The van der Waals surface area contributed by atoms with Crippen LogP contribution in [-0.2, 0) is 0 Å². The van der Waals surface area contributed by atoms with E-state index in [2.05, 4.69) is 12.6 Å². The van der Waals surface area contributed by atoms with Gasteiger partial charge in [-0.25, -0.2) is 4.39 Å². The van der Waals surface area contributed by atoms with Gasteiger partial charge in [-0.15, -0.1) is 12.6 Å². The van der Waals surface area contributed by atoms with Crippen molar-refractivity contribution >= 4 is 23.4 Å². The third-order valence-corrected chi connectivity index (χ3v) is 2.36. The fourth-order valence-corrected chi connectivity index (χ4v) is 1.68. The molecule has 66 valence electrons. The van der Waals surface area contributed by atoms with Crippen LogP contribution >= 0.6 is 12.6 Å². The van der Waals surface area contributed by atoms with Crippen LogP contribution in [0.2, 0.25) is 0 Å². The van der Waals surface area contributed by atoms with Crippen molar-refractivity contribution in [2.24, 2.45) is 0 Å². The number of benzene rings is 2. The minimum Gasteiger partial charge on any atom is -0.231 e. The molecule has 2 rings (SSSR count). The third kappa shape index (κ3) is 1.54. The summed E-state index contributed by atoms with van der Waals surface area (Å²) in [4.78, 5) is 0. The van der Waals surface area contributed by atoms with Crippen LogP contribution in [0.15, 0.2) is 42.5 Å². The summed E-state index contributed by atoms with van der Waals surface area (Å²) in [6.45, 7) is 0. The van der Waals surface area contributed by atoms with Crippen LogP contribution in [0.25, 0.3) is 10.8 Å². The Bertz CT molecular complexity index is 418. The molecule has 0 amide bonds. The Morgan fingerprint density at radius 3 is 2.46 bits per heavy atom. The molecule has 0 saturated heterocycles. The minimum atomic E-state index is -1.20. The molecule has 0 bridgehead atoms. The quantitative estimate of drug-likeness (QED) is 0.654. The lowest BCUT2D eigenvalue weighted by Crippen LogP contribution is -1.84. The molecule has 1 unspecified atom stereocenters. The lowest BCUT2D eigenvalue weighted by molar-refractivity contribution is 0.475. The van der Waals surface area contributed by atoms with Crippen molar-refractivity contribution in [1.29, 1.82) is 0 Å². The molecule has 0 saturated carbocycles. The van der Waals surface area contributed by atoms with Crippen molar-refractivity contribution in [2.75, 3.05) is 0 Å². The molecule has 2 heteroatoms. The van der Waals surface area contributed by atoms with E-state index in [0.717, 1.165) is 10.8 Å². The number of rotatable bonds is 1. The maximum absolute atomic E-state index is 13.0. The van der Waals surface area contributed by atoms with Crippen molar-refractivity contribution in [3.8, 4) is 0 Å². The van der Waals surface area contributed by atoms with Crippen LogP contribution < -0.4 is 0 Å². The molecule has 0 aliphatic heterocycles. The van der Waals surface area contributed by atoms with Gasteiger partial charge in [0.25, 0.3) is 0 Å². The molecule has 13 heavy (non-hydrogen) atoms. The second-order valence-corrected chi connectivity index (χ2v) is 3.36. The van der Waals surface area contributed by atoms with Gasteiger partial charge in [0, 0.05) is 5.56 Å². The Morgan fingerprint density at radius 2 is 1.69 bits per heavy atom. The van der Waals surface area contributed by atoms with Crippen molar-refractivity contribution in [2.45, 2.75) is 5.50 Å². The van der Waals surface area contributed by atoms with Gasteiger partial charge in [-0.1, -0.05) is 42.5 Å². The van der Waals surface area contributed by atoms with E-state index in [4.69, 9.17) is 0 Å². The normalized spacial score (nSPS) is 13.1. The van der Waals surface area contributed by atoms with Crippen LogP contribution in [-0.4, -0.2) is 0 Å². The van der Waals surface area contributed by atoms with Crippen LogP contribution in [0.3, 0.4) is 0 Å². The summed E-state index contributed by atoms with van der Waals surface area (Å²) < 4.78 is 13.0. The van der Waals surface area contributed by atoms with Crippen molar-refractivity contribution in [3.05, 3.63) is 48.0 Å². The zero-order valence-electron chi connectivity index (χ0n) is 6.94. The van der Waals surface area contributed by atoms with Crippen LogP contribution in [0.5, 0.6) is 0 Å². The minimum absolute atomic E-state index is 0.640. The standard InChI is InChI=1S/C11H9FS/c12-11(13)10-7-3-5-8-4-1-2-6-9(8)10/h1-7,11,13H. The molecule has 0 fully saturated rings. The van der Waals surface area contributed by atoms with Crippen molar-refractivity contribution < 1.29 is 4.39 Å². The average Bonchev–Trinajstić information content (AvgIpc) is 2.17. The Kier molecular flexibility index (Phi) is 2.23. The lowest BCUT2D eigenvalue weighted by Gasteiger charge is -2.05. The largest absolute Gasteiger partial charge is 0.231 e. The Hall–Kier alpha value is -1.02. The molecular weight excluding hydrogens is 183 g/mol. The van der Waals surface area contributed by atoms with E-state index in [0.29, 0.717) is 5.56 Å². The summed E-state index contributed by atoms with van der Waals surface area (Å²) in [6.07, 6.45) is 0. The van der Waals surface area contributed by atoms with Gasteiger partial charge in [0.1, 0.15) is 0 Å². The summed E-state index contributed by atoms with van der Waals surface area (Å²) in [6, 6.07) is 13.3. The van der Waals surface area contributed by atoms with E-state index in [1.54, 1.807) is 6.07 Å². The van der Waals surface area contributed by atoms with E-state index < -0.39 is 5.50 Å². The fraction of sp³-hybridized carbons (Fsp3) is 0.0909. The summed E-state index contributed by atoms with van der Waals surface area (Å²) in [5.41, 5.74) is -0.562. The highest BCUT2D eigenvalue weighted by Crippen LogP contribution is 2.28. The van der Waals surface area contributed by atoms with Crippen LogP contribution in [0, 0.1) is 0 Å². The molecule has 0 aliphatic rings. The van der Waals surface area contributed by atoms with Gasteiger partial charge >= 0.3 is 0 Å². The topological polar surface area (TPSA) is 0 Å². The number of hydrogen-bond donors (Lipinski definition) is 1. The SMILES string of the molecule is FC(S)c1cccc2ccccc12. The molecule has 0 aromatic heterocycles. The zero-order valence-corrected chi connectivity index (χ0v) is 7.84. The molecule has 2 aromatic carbocycles. The summed E-state index contributed by atoms with van der Waals surface area (Å²) in [5.74, 6) is 0. The first-order chi connectivity index (χ1) is 6.29. The molecule has 0 radical (unpaired) electrons. The van der Waals surface area contributed by atoms with E-state index in [-0.39, 0.29) is 0 Å². The molecule has 0 nitrogen and oxygen atoms in total. The third-order valence-electron chi connectivity index (χ3n) is 2.08. The van der Waals surface area contributed by atoms with Gasteiger partial charge in [-0.05, 0) is 10.8 Å². The van der Waals surface area contributed by atoms with Crippen molar-refractivity contribution in [3.63, 3.8) is 0 Å². The predicted molar refractivity (Wildman–Crippen MR) is 56.8 cm³/mol. The van der Waals surface area contributed by atoms with E-state index in [9.17, 15) is 4.39 Å². The molecule has 0 aliphatic carbocycles. The first-order valence-electron chi connectivity index (χ1n) is 4.09. The molecule has 1 atom stereocenters. The zero-order chi connectivity index (χ0) is 9.26. The Morgan fingerprint density at radius 1 is 1.00 bits per heavy atom. The second kappa shape index (κ2) is 3.38. The van der Waals surface area contributed by atoms with Gasteiger partial charge in [0.15, 0.2) is 5.50 Å². The molecular formula is C11H9FS. The molecule has 0 spiro atoms. The van der Waals surface area contributed by atoms with Gasteiger partial charge in [-0.3, -0.25) is 0 Å². The lowest BCUT2D eigenvalue weighted by atomic mass is 10.1. The van der Waals surface area contributed by atoms with Gasteiger partial charge in [-0.2, -0.15) is 0 Å². The predicted octanol–water partition coefficient (Wildman–Crippen LogP) is 3.74. The smallest absolute Gasteiger partial charge is 0.169 e. The highest BCUT2D eigenvalue weighted by Gasteiger charge is 2.06. The highest BCUT2D eigenvalue weighted by molar-refractivity contribution is 7.80. The molecule has 0 heterocycles. The van der Waals surface area contributed by atoms with Gasteiger partial charge < -0.3 is 0 Å². The maximum Gasteiger partial charge on any atom is 0.169 e. The first-order valence-corrected chi connectivity index (χ1v) is 4.60. The fourth-order valence-electron chi connectivity index (χ4n) is 1.46. The van der Waals surface area contributed by atoms with Crippen molar-refractivity contribution in [1.82, 2.24) is 0 Å². The van der Waals surface area contributed by atoms with E-state index in [1.165, 1.54) is 0 Å². The Labute approximate surface area is 81.8 Å². The monoisotopic (exact) mass is 192 g/mol. The van der Waals surface area contributed by atoms with Gasteiger partial charge in [0.05, 0.1) is 0 Å². The summed E-state index contributed by atoms with van der Waals surface area (Å²) in [7, 11) is 0. The van der Waals surface area contributed by atoms with Crippen LogP contribution in [0.1, 0.15) is 11.1 Å². The number of hydrogen-bond acceptors (Lipinski definition) is 1. The number of fused-ring (bicyclic) bond motifs is 1. The van der Waals surface area contributed by atoms with Gasteiger partial charge in [0.2, 0.25) is 0 Å². The summed E-state index contributed by atoms with van der Waals surface area (Å²) >= 11 is 3.80. The number of halogens is 1. The summed E-state index contributed by atoms with van der Waals surface area (Å²) in [5, 5.41) is 1.99. The molecule has 0 N–H and O–H groups in total. The number of alkyl halides is 1. The van der Waals surface area contributed by atoms with Crippen LogP contribution in [0.4, 0.5) is 4.39 Å².